The molecule has 0 radical (unpaired) electrons. The fraction of sp³-hybridized carbons (Fsp3) is 0.500. The van der Waals surface area contributed by atoms with Crippen molar-refractivity contribution in [1.82, 2.24) is 34.9 Å². The molecule has 6 aliphatic heterocycles. The Kier molecular flexibility index (Phi) is 10.0. The number of hydrogen-bond donors (Lipinski definition) is 1. The maximum Gasteiger partial charge on any atom is 0.453 e. The van der Waals surface area contributed by atoms with E-state index >= 15 is 0 Å². The van der Waals surface area contributed by atoms with E-state index in [0.29, 0.717) is 47.7 Å². The van der Waals surface area contributed by atoms with E-state index in [2.05, 4.69) is 71.4 Å². The number of imide groups is 2. The van der Waals surface area contributed by atoms with Gasteiger partial charge >= 0.3 is 6.18 Å². The molecular formula is C42H44F3N9O4. The topological polar surface area (TPSA) is 136 Å². The molecule has 1 N–H and O–H groups in total. The predicted molar refractivity (Wildman–Crippen MR) is 206 cm³/mol. The standard InChI is InChI=1S/C42H44F3N9O4/c43-42(44,45)41-48-47-34-11-12-35(49-54(34)41)52-22-16-29(17-23-52)28-8-6-26(7-9-28)4-5-27-14-20-50(21-15-27)30-18-24-51(25-19-30)32-3-1-2-31-37(32)40(58)53(39(31)57)33-10-13-36(55)46-38(33)56/h1-3,6-9,27,29-30,33H,10-25H2,(H,46,55,56). The number of amidine groups is 1. The van der Waals surface area contributed by atoms with Crippen LogP contribution < -0.4 is 10.2 Å². The normalized spacial score (nSPS) is 22.7. The van der Waals surface area contributed by atoms with Crippen LogP contribution in [0.4, 0.5) is 18.9 Å². The summed E-state index contributed by atoms with van der Waals surface area (Å²) in [5, 5.41) is 13.6. The lowest BCUT2D eigenvalue weighted by atomic mass is 9.88. The van der Waals surface area contributed by atoms with Crippen molar-refractivity contribution in [3.05, 3.63) is 76.4 Å². The van der Waals surface area contributed by atoms with Gasteiger partial charge in [-0.05, 0) is 93.8 Å². The van der Waals surface area contributed by atoms with Gasteiger partial charge in [-0.15, -0.1) is 10.2 Å². The van der Waals surface area contributed by atoms with E-state index in [4.69, 9.17) is 0 Å². The molecule has 1 unspecified atom stereocenters. The smallest absolute Gasteiger partial charge is 0.371 e. The van der Waals surface area contributed by atoms with Crippen LogP contribution in [0.25, 0.3) is 0 Å². The zero-order valence-corrected chi connectivity index (χ0v) is 32.0. The monoisotopic (exact) mass is 795 g/mol. The van der Waals surface area contributed by atoms with Gasteiger partial charge in [0.1, 0.15) is 11.9 Å². The molecule has 4 saturated heterocycles. The van der Waals surface area contributed by atoms with Crippen LogP contribution in [0, 0.1) is 17.8 Å². The average Bonchev–Trinajstić information content (AvgIpc) is 3.79. The molecule has 302 valence electrons. The quantitative estimate of drug-likeness (QED) is 0.301. The first-order valence-corrected chi connectivity index (χ1v) is 20.3. The number of hydrogen-bond acceptors (Lipinski definition) is 10. The van der Waals surface area contributed by atoms with Gasteiger partial charge in [-0.3, -0.25) is 29.4 Å². The number of benzene rings is 2. The summed E-state index contributed by atoms with van der Waals surface area (Å²) in [6.45, 7) is 4.92. The highest BCUT2D eigenvalue weighted by molar-refractivity contribution is 6.25. The summed E-state index contributed by atoms with van der Waals surface area (Å²) in [5.41, 5.74) is 3.62. The van der Waals surface area contributed by atoms with Crippen molar-refractivity contribution in [2.24, 2.45) is 11.0 Å². The van der Waals surface area contributed by atoms with Crippen molar-refractivity contribution < 1.29 is 32.3 Å². The number of fused-ring (bicyclic) bond motifs is 2. The van der Waals surface area contributed by atoms with Crippen molar-refractivity contribution in [2.75, 3.05) is 44.2 Å². The number of carbonyl (C=O) groups is 4. The third-order valence-electron chi connectivity index (χ3n) is 12.7. The van der Waals surface area contributed by atoms with Gasteiger partial charge in [0.2, 0.25) is 11.8 Å². The van der Waals surface area contributed by atoms with Crippen LogP contribution in [0.15, 0.2) is 47.6 Å². The van der Waals surface area contributed by atoms with E-state index in [0.717, 1.165) is 98.6 Å². The van der Waals surface area contributed by atoms with Gasteiger partial charge < -0.3 is 14.7 Å². The summed E-state index contributed by atoms with van der Waals surface area (Å²) in [7, 11) is 0. The number of alkyl halides is 3. The average molecular weight is 796 g/mol. The maximum absolute atomic E-state index is 13.6. The van der Waals surface area contributed by atoms with Crippen molar-refractivity contribution in [1.29, 1.82) is 0 Å². The highest BCUT2D eigenvalue weighted by Crippen LogP contribution is 2.37. The number of aryl methyl sites for hydroxylation is 1. The Morgan fingerprint density at radius 3 is 2.17 bits per heavy atom. The zero-order valence-electron chi connectivity index (χ0n) is 32.0. The SMILES string of the molecule is O=C1CCC(N2C(=O)c3cccc(N4CCC(N5CCC(C#Cc6ccc(C7CCN(C8=Nn9c(nnc9C(F)(F)F)CC8)CC7)cc6)CC5)CC4)c3C2=O)C(=O)N1. The van der Waals surface area contributed by atoms with Gasteiger partial charge in [-0.2, -0.15) is 22.9 Å². The minimum atomic E-state index is -4.60. The lowest BCUT2D eigenvalue weighted by Crippen LogP contribution is -2.54. The second-order valence-corrected chi connectivity index (χ2v) is 16.1. The summed E-state index contributed by atoms with van der Waals surface area (Å²) in [6, 6.07) is 13.2. The molecule has 0 aliphatic carbocycles. The second-order valence-electron chi connectivity index (χ2n) is 16.1. The number of amides is 4. The first kappa shape index (κ1) is 38.0. The van der Waals surface area contributed by atoms with Gasteiger partial charge in [-0.1, -0.05) is 30.0 Å². The summed E-state index contributed by atoms with van der Waals surface area (Å²) < 4.78 is 41.0. The molecule has 7 heterocycles. The van der Waals surface area contributed by atoms with Crippen LogP contribution in [0.2, 0.25) is 0 Å². The summed E-state index contributed by atoms with van der Waals surface area (Å²) in [6.07, 6.45) is 2.21. The third kappa shape index (κ3) is 7.25. The number of rotatable bonds is 4. The molecule has 2 aromatic carbocycles. The van der Waals surface area contributed by atoms with E-state index in [1.807, 2.05) is 6.07 Å². The Morgan fingerprint density at radius 1 is 0.741 bits per heavy atom. The number of anilines is 1. The van der Waals surface area contributed by atoms with Gasteiger partial charge in [0.15, 0.2) is 5.82 Å². The van der Waals surface area contributed by atoms with E-state index in [1.165, 1.54) is 5.56 Å². The number of nitrogens with zero attached hydrogens (tertiary/aromatic N) is 8. The molecule has 1 atom stereocenters. The zero-order chi connectivity index (χ0) is 40.1. The molecule has 4 fully saturated rings. The van der Waals surface area contributed by atoms with Gasteiger partial charge in [-0.25, -0.2) is 0 Å². The van der Waals surface area contributed by atoms with Gasteiger partial charge in [0.05, 0.1) is 16.8 Å². The van der Waals surface area contributed by atoms with Crippen LogP contribution in [0.5, 0.6) is 0 Å². The molecule has 3 aromatic rings. The van der Waals surface area contributed by atoms with E-state index in [9.17, 15) is 32.3 Å². The number of likely N-dealkylation sites (tertiary alicyclic amines) is 2. The Balaban J connectivity index is 0.740. The molecule has 6 aliphatic rings. The molecule has 0 spiro atoms. The Bertz CT molecular complexity index is 2220. The van der Waals surface area contributed by atoms with Crippen LogP contribution >= 0.6 is 0 Å². The number of carbonyl (C=O) groups excluding carboxylic acids is 4. The lowest BCUT2D eigenvalue weighted by molar-refractivity contribution is -0.147. The van der Waals surface area contributed by atoms with Crippen LogP contribution in [-0.2, 0) is 22.2 Å². The maximum atomic E-state index is 13.6. The van der Waals surface area contributed by atoms with Crippen molar-refractivity contribution in [3.8, 4) is 11.8 Å². The van der Waals surface area contributed by atoms with Gasteiger partial charge in [0.25, 0.3) is 17.6 Å². The van der Waals surface area contributed by atoms with Crippen LogP contribution in [0.1, 0.15) is 107 Å². The van der Waals surface area contributed by atoms with E-state index in [1.54, 1.807) is 12.1 Å². The summed E-state index contributed by atoms with van der Waals surface area (Å²) in [5.74, 6) is 5.48. The molecule has 13 nitrogen and oxygen atoms in total. The first-order chi connectivity index (χ1) is 28.0. The molecule has 4 amide bonds. The highest BCUT2D eigenvalue weighted by atomic mass is 19.4. The van der Waals surface area contributed by atoms with Gasteiger partial charge in [0, 0.05) is 63.0 Å². The predicted octanol–water partition coefficient (Wildman–Crippen LogP) is 4.42. The Morgan fingerprint density at radius 2 is 1.47 bits per heavy atom. The number of piperidine rings is 4. The molecule has 9 rings (SSSR count). The largest absolute Gasteiger partial charge is 0.453 e. The van der Waals surface area contributed by atoms with E-state index < -0.39 is 41.7 Å². The fourth-order valence-corrected chi connectivity index (χ4v) is 9.50. The van der Waals surface area contributed by atoms with E-state index in [-0.39, 0.29) is 18.7 Å². The minimum Gasteiger partial charge on any atom is -0.371 e. The molecule has 1 aromatic heterocycles. The minimum absolute atomic E-state index is 0.0857. The molecule has 0 saturated carbocycles. The molecule has 58 heavy (non-hydrogen) atoms. The number of halogens is 3. The fourth-order valence-electron chi connectivity index (χ4n) is 9.50. The summed E-state index contributed by atoms with van der Waals surface area (Å²) in [4.78, 5) is 59.1. The number of nitrogens with one attached hydrogen (secondary N) is 1. The summed E-state index contributed by atoms with van der Waals surface area (Å²) >= 11 is 0. The molecule has 16 heteroatoms. The van der Waals surface area contributed by atoms with Crippen LogP contribution in [0.3, 0.4) is 0 Å². The number of aromatic nitrogens is 3. The van der Waals surface area contributed by atoms with Crippen molar-refractivity contribution >= 4 is 35.2 Å². The van der Waals surface area contributed by atoms with Crippen molar-refractivity contribution in [2.45, 2.75) is 88.4 Å². The van der Waals surface area contributed by atoms with Crippen LogP contribution in [-0.4, -0.2) is 110 Å². The van der Waals surface area contributed by atoms with Crippen molar-refractivity contribution in [3.63, 3.8) is 0 Å². The third-order valence-corrected chi connectivity index (χ3v) is 12.7. The highest BCUT2D eigenvalue weighted by Gasteiger charge is 2.46. The molecular weight excluding hydrogens is 752 g/mol. The lowest BCUT2D eigenvalue weighted by Gasteiger charge is -2.42. The first-order valence-electron chi connectivity index (χ1n) is 20.3. The Labute approximate surface area is 333 Å². The second kappa shape index (κ2) is 15.3. The Hall–Kier alpha value is -5.56. The molecule has 0 bridgehead atoms.